The molecule has 0 fully saturated rings. The maximum Gasteiger partial charge on any atom is 0.325 e. The molecule has 0 atom stereocenters. The van der Waals surface area contributed by atoms with Crippen LogP contribution in [0.1, 0.15) is 6.42 Å². The lowest BCUT2D eigenvalue weighted by molar-refractivity contribution is -0.671. The largest absolute Gasteiger partial charge is 1.00 e. The summed E-state index contributed by atoms with van der Waals surface area (Å²) in [5.74, 6) is 0. The molecule has 14 heavy (non-hydrogen) atoms. The van der Waals surface area contributed by atoms with Crippen molar-refractivity contribution in [2.24, 2.45) is 7.05 Å². The molecule has 2 N–H and O–H groups in total. The second-order valence-corrected chi connectivity index (χ2v) is 4.84. The molecule has 7 heteroatoms. The highest BCUT2D eigenvalue weighted by Gasteiger charge is 2.12. The molecule has 0 aliphatic carbocycles. The molecule has 1 aromatic rings. The third-order valence-electron chi connectivity index (χ3n) is 1.69. The second-order valence-electron chi connectivity index (χ2n) is 3.06. The van der Waals surface area contributed by atoms with Gasteiger partial charge >= 0.3 is 7.60 Å². The van der Waals surface area contributed by atoms with Crippen LogP contribution in [0.4, 0.5) is 0 Å². The number of hydrogen-bond acceptors (Lipinski definition) is 1. The Morgan fingerprint density at radius 3 is 2.57 bits per heavy atom. The van der Waals surface area contributed by atoms with E-state index in [1.807, 2.05) is 34.9 Å². The number of rotatable bonds is 4. The first-order valence-electron chi connectivity index (χ1n) is 4.03. The van der Waals surface area contributed by atoms with Crippen LogP contribution < -0.4 is 21.5 Å². The van der Waals surface area contributed by atoms with Gasteiger partial charge in [0.15, 0.2) is 0 Å². The van der Waals surface area contributed by atoms with E-state index in [1.54, 1.807) is 0 Å². The van der Waals surface area contributed by atoms with E-state index in [1.165, 1.54) is 0 Å². The minimum atomic E-state index is -3.82. The first kappa shape index (κ1) is 13.8. The Balaban J connectivity index is 0.00000169. The zero-order chi connectivity index (χ0) is 9.90. The van der Waals surface area contributed by atoms with Gasteiger partial charge in [-0.15, -0.1) is 0 Å². The van der Waals surface area contributed by atoms with Crippen molar-refractivity contribution >= 4 is 7.60 Å². The van der Waals surface area contributed by atoms with Gasteiger partial charge in [0.25, 0.3) is 0 Å². The Bertz CT molecular complexity index is 322. The van der Waals surface area contributed by atoms with Gasteiger partial charge in [-0.2, -0.15) is 0 Å². The first-order valence-corrected chi connectivity index (χ1v) is 5.83. The van der Waals surface area contributed by atoms with Gasteiger partial charge in [-0.1, -0.05) is 0 Å². The summed E-state index contributed by atoms with van der Waals surface area (Å²) in [6.07, 6.45) is 6.09. The predicted molar refractivity (Wildman–Crippen MR) is 47.1 cm³/mol. The number of nitrogens with zero attached hydrogens (tertiary/aromatic N) is 2. The van der Waals surface area contributed by atoms with Crippen molar-refractivity contribution in [3.8, 4) is 0 Å². The van der Waals surface area contributed by atoms with Crippen LogP contribution in [-0.2, 0) is 18.2 Å². The van der Waals surface area contributed by atoms with Crippen molar-refractivity contribution in [3.63, 3.8) is 0 Å². The zero-order valence-corrected chi connectivity index (χ0v) is 10.4. The maximum absolute atomic E-state index is 10.5. The smallest absolute Gasteiger partial charge is 0.325 e. The van der Waals surface area contributed by atoms with Crippen LogP contribution in [0.5, 0.6) is 0 Å². The summed E-state index contributed by atoms with van der Waals surface area (Å²) >= 11 is 0. The van der Waals surface area contributed by atoms with Crippen LogP contribution in [0.15, 0.2) is 18.7 Å². The standard InChI is InChI=1S/C7H13N2O3P.BrH/c1-8-4-5-9(7-8)3-2-6-13(10,11)12;/h4-5,7H,2-3,6H2,1H3,(H-,10,11,12);1H. The van der Waals surface area contributed by atoms with Crippen LogP contribution in [0, 0.1) is 0 Å². The molecular formula is C7H14BrN2O3P. The molecule has 82 valence electrons. The van der Waals surface area contributed by atoms with E-state index < -0.39 is 7.60 Å². The highest BCUT2D eigenvalue weighted by atomic mass is 79.9. The first-order chi connectivity index (χ1) is 5.97. The Hall–Kier alpha value is -0.160. The molecular weight excluding hydrogens is 271 g/mol. The number of hydrogen-bond donors (Lipinski definition) is 2. The number of imidazole rings is 1. The van der Waals surface area contributed by atoms with E-state index in [9.17, 15) is 4.57 Å². The molecule has 0 unspecified atom stereocenters. The molecule has 0 saturated carbocycles. The van der Waals surface area contributed by atoms with Crippen LogP contribution in [0.25, 0.3) is 0 Å². The van der Waals surface area contributed by atoms with Gasteiger partial charge in [-0.05, 0) is 6.42 Å². The SMILES string of the molecule is C[n+]1ccn(CCCP(=O)(O)O)c1.[Br-]. The number of aryl methyl sites for hydroxylation is 2. The van der Waals surface area contributed by atoms with E-state index in [0.29, 0.717) is 13.0 Å². The van der Waals surface area contributed by atoms with E-state index in [2.05, 4.69) is 0 Å². The molecule has 1 rings (SSSR count). The molecule has 0 aliphatic heterocycles. The molecule has 0 saturated heterocycles. The number of halogens is 1. The Kier molecular flexibility index (Phi) is 5.59. The van der Waals surface area contributed by atoms with Gasteiger partial charge in [-0.25, -0.2) is 9.13 Å². The topological polar surface area (TPSA) is 66.3 Å². The van der Waals surface area contributed by atoms with Crippen molar-refractivity contribution in [1.29, 1.82) is 0 Å². The Labute approximate surface area is 93.3 Å². The lowest BCUT2D eigenvalue weighted by atomic mass is 10.5. The highest BCUT2D eigenvalue weighted by Crippen LogP contribution is 2.34. The molecule has 0 bridgehead atoms. The third-order valence-corrected chi connectivity index (χ3v) is 2.59. The van der Waals surface area contributed by atoms with Crippen LogP contribution in [0.2, 0.25) is 0 Å². The van der Waals surface area contributed by atoms with E-state index >= 15 is 0 Å². The lowest BCUT2D eigenvalue weighted by Gasteiger charge is -2.00. The fourth-order valence-electron chi connectivity index (χ4n) is 1.09. The average Bonchev–Trinajstić information content (AvgIpc) is 2.33. The number of aromatic nitrogens is 2. The second kappa shape index (κ2) is 5.66. The van der Waals surface area contributed by atoms with Crippen molar-refractivity contribution < 1.29 is 35.9 Å². The molecule has 0 aromatic carbocycles. The fraction of sp³-hybridized carbons (Fsp3) is 0.571. The predicted octanol–water partition coefficient (Wildman–Crippen LogP) is -3.12. The van der Waals surface area contributed by atoms with Crippen molar-refractivity contribution in [2.45, 2.75) is 13.0 Å². The van der Waals surface area contributed by atoms with Gasteiger partial charge in [0.05, 0.1) is 19.8 Å². The van der Waals surface area contributed by atoms with Crippen LogP contribution in [-0.4, -0.2) is 20.5 Å². The summed E-state index contributed by atoms with van der Waals surface area (Å²) in [5, 5.41) is 0. The molecule has 0 aliphatic rings. The van der Waals surface area contributed by atoms with E-state index in [-0.39, 0.29) is 23.1 Å². The summed E-state index contributed by atoms with van der Waals surface area (Å²) < 4.78 is 14.3. The van der Waals surface area contributed by atoms with Crippen molar-refractivity contribution in [3.05, 3.63) is 18.7 Å². The molecule has 0 spiro atoms. The maximum atomic E-state index is 10.5. The monoisotopic (exact) mass is 284 g/mol. The summed E-state index contributed by atoms with van der Waals surface area (Å²) in [6, 6.07) is 0. The molecule has 0 amide bonds. The minimum Gasteiger partial charge on any atom is -1.00 e. The lowest BCUT2D eigenvalue weighted by Crippen LogP contribution is -3.00. The van der Waals surface area contributed by atoms with Gasteiger partial charge in [0, 0.05) is 0 Å². The van der Waals surface area contributed by atoms with Crippen LogP contribution in [0.3, 0.4) is 0 Å². The summed E-state index contributed by atoms with van der Waals surface area (Å²) in [4.78, 5) is 17.2. The molecule has 5 nitrogen and oxygen atoms in total. The zero-order valence-electron chi connectivity index (χ0n) is 7.88. The summed E-state index contributed by atoms with van der Waals surface area (Å²) in [5.41, 5.74) is 0. The van der Waals surface area contributed by atoms with Crippen LogP contribution >= 0.6 is 7.60 Å². The quantitative estimate of drug-likeness (QED) is 0.454. The van der Waals surface area contributed by atoms with Gasteiger partial charge in [0.2, 0.25) is 6.33 Å². The van der Waals surface area contributed by atoms with Crippen molar-refractivity contribution in [2.75, 3.05) is 6.16 Å². The normalized spacial score (nSPS) is 11.1. The van der Waals surface area contributed by atoms with E-state index in [4.69, 9.17) is 9.79 Å². The highest BCUT2D eigenvalue weighted by molar-refractivity contribution is 7.51. The third kappa shape index (κ3) is 5.54. The van der Waals surface area contributed by atoms with E-state index in [0.717, 1.165) is 0 Å². The van der Waals surface area contributed by atoms with Gasteiger partial charge in [0.1, 0.15) is 12.4 Å². The molecule has 1 aromatic heterocycles. The Morgan fingerprint density at radius 2 is 2.14 bits per heavy atom. The fourth-order valence-corrected chi connectivity index (χ4v) is 1.65. The van der Waals surface area contributed by atoms with Gasteiger partial charge < -0.3 is 26.8 Å². The Morgan fingerprint density at radius 1 is 1.50 bits per heavy atom. The molecule has 0 radical (unpaired) electrons. The summed E-state index contributed by atoms with van der Waals surface area (Å²) in [7, 11) is -1.91. The van der Waals surface area contributed by atoms with Crippen molar-refractivity contribution in [1.82, 2.24) is 4.57 Å². The minimum absolute atomic E-state index is 0. The summed E-state index contributed by atoms with van der Waals surface area (Å²) in [6.45, 7) is 0.645. The average molecular weight is 285 g/mol. The molecule has 1 heterocycles. The van der Waals surface area contributed by atoms with Gasteiger partial charge in [-0.3, -0.25) is 4.57 Å².